The van der Waals surface area contributed by atoms with Crippen LogP contribution in [-0.4, -0.2) is 47.2 Å². The van der Waals surface area contributed by atoms with E-state index in [1.54, 1.807) is 48.5 Å². The SMILES string of the molecule is CCOc1ccccc1N1C(=O)SC(CC(=O)N(CCO)c2ccccc2)C1=O. The van der Waals surface area contributed by atoms with Gasteiger partial charge in [-0.05, 0) is 43.0 Å². The van der Waals surface area contributed by atoms with Crippen molar-refractivity contribution >= 4 is 40.2 Å². The lowest BCUT2D eigenvalue weighted by Gasteiger charge is -2.23. The molecule has 0 aromatic heterocycles. The summed E-state index contributed by atoms with van der Waals surface area (Å²) >= 11 is 0.834. The molecular weight excluding hydrogens is 392 g/mol. The number of thioether (sulfide) groups is 1. The fourth-order valence-corrected chi connectivity index (χ4v) is 4.07. The number of hydrogen-bond donors (Lipinski definition) is 1. The minimum Gasteiger partial charge on any atom is -0.492 e. The number of carbonyl (C=O) groups excluding carboxylic acids is 3. The third-order valence-corrected chi connectivity index (χ3v) is 5.42. The first-order valence-corrected chi connectivity index (χ1v) is 10.2. The van der Waals surface area contributed by atoms with Gasteiger partial charge in [-0.2, -0.15) is 0 Å². The zero-order valence-corrected chi connectivity index (χ0v) is 16.8. The molecule has 1 heterocycles. The van der Waals surface area contributed by atoms with Gasteiger partial charge < -0.3 is 14.7 Å². The van der Waals surface area contributed by atoms with Gasteiger partial charge in [0.05, 0.1) is 18.9 Å². The van der Waals surface area contributed by atoms with Crippen LogP contribution in [0.2, 0.25) is 0 Å². The lowest BCUT2D eigenvalue weighted by Crippen LogP contribution is -2.38. The molecule has 1 aliphatic rings. The first-order chi connectivity index (χ1) is 14.1. The van der Waals surface area contributed by atoms with Crippen molar-refractivity contribution in [2.24, 2.45) is 0 Å². The Morgan fingerprint density at radius 2 is 1.83 bits per heavy atom. The topological polar surface area (TPSA) is 87.2 Å². The molecule has 1 atom stereocenters. The van der Waals surface area contributed by atoms with Crippen LogP contribution in [0.4, 0.5) is 16.2 Å². The second kappa shape index (κ2) is 9.58. The Morgan fingerprint density at radius 3 is 2.52 bits per heavy atom. The second-order valence-electron chi connectivity index (χ2n) is 6.26. The van der Waals surface area contributed by atoms with Crippen molar-refractivity contribution in [3.05, 3.63) is 54.6 Å². The Balaban J connectivity index is 1.78. The number of carbonyl (C=O) groups is 3. The number of ether oxygens (including phenoxy) is 1. The van der Waals surface area contributed by atoms with Gasteiger partial charge in [-0.25, -0.2) is 4.90 Å². The quantitative estimate of drug-likeness (QED) is 0.714. The second-order valence-corrected chi connectivity index (χ2v) is 7.41. The summed E-state index contributed by atoms with van der Waals surface area (Å²) in [6.45, 7) is 2.12. The van der Waals surface area contributed by atoms with Gasteiger partial charge in [-0.3, -0.25) is 14.4 Å². The maximum Gasteiger partial charge on any atom is 0.293 e. The van der Waals surface area contributed by atoms with Gasteiger partial charge in [0.2, 0.25) is 11.8 Å². The Morgan fingerprint density at radius 1 is 1.14 bits per heavy atom. The van der Waals surface area contributed by atoms with E-state index in [9.17, 15) is 19.5 Å². The van der Waals surface area contributed by atoms with Gasteiger partial charge in [0.25, 0.3) is 5.24 Å². The Labute approximate surface area is 173 Å². The van der Waals surface area contributed by atoms with Crippen LogP contribution in [-0.2, 0) is 9.59 Å². The highest BCUT2D eigenvalue weighted by Crippen LogP contribution is 2.38. The molecule has 0 bridgehead atoms. The molecule has 1 unspecified atom stereocenters. The van der Waals surface area contributed by atoms with Crippen LogP contribution >= 0.6 is 11.8 Å². The summed E-state index contributed by atoms with van der Waals surface area (Å²) in [6, 6.07) is 15.7. The van der Waals surface area contributed by atoms with E-state index in [0.29, 0.717) is 23.7 Å². The molecule has 2 aromatic rings. The van der Waals surface area contributed by atoms with Crippen molar-refractivity contribution < 1.29 is 24.2 Å². The smallest absolute Gasteiger partial charge is 0.293 e. The van der Waals surface area contributed by atoms with Crippen LogP contribution in [0.1, 0.15) is 13.3 Å². The van der Waals surface area contributed by atoms with Gasteiger partial charge in [0, 0.05) is 18.7 Å². The van der Waals surface area contributed by atoms with Gasteiger partial charge in [-0.1, -0.05) is 30.3 Å². The van der Waals surface area contributed by atoms with Crippen LogP contribution in [0.25, 0.3) is 0 Å². The molecule has 2 aromatic carbocycles. The fourth-order valence-electron chi connectivity index (χ4n) is 3.10. The van der Waals surface area contributed by atoms with Crippen molar-refractivity contribution in [2.45, 2.75) is 18.6 Å². The number of benzene rings is 2. The van der Waals surface area contributed by atoms with Crippen molar-refractivity contribution in [3.63, 3.8) is 0 Å². The van der Waals surface area contributed by atoms with Crippen LogP contribution in [0.5, 0.6) is 5.75 Å². The summed E-state index contributed by atoms with van der Waals surface area (Å²) < 4.78 is 5.53. The summed E-state index contributed by atoms with van der Waals surface area (Å²) in [5.41, 5.74) is 1.01. The molecule has 0 saturated carbocycles. The number of amides is 3. The molecule has 1 fully saturated rings. The van der Waals surface area contributed by atoms with Crippen LogP contribution in [0, 0.1) is 0 Å². The highest BCUT2D eigenvalue weighted by Gasteiger charge is 2.43. The number of aliphatic hydroxyl groups is 1. The fraction of sp³-hybridized carbons (Fsp3) is 0.286. The molecule has 1 N–H and O–H groups in total. The van der Waals surface area contributed by atoms with E-state index in [0.717, 1.165) is 16.7 Å². The lowest BCUT2D eigenvalue weighted by atomic mass is 10.2. The number of para-hydroxylation sites is 3. The van der Waals surface area contributed by atoms with E-state index >= 15 is 0 Å². The predicted molar refractivity (Wildman–Crippen MR) is 112 cm³/mol. The maximum atomic E-state index is 12.9. The zero-order valence-electron chi connectivity index (χ0n) is 16.0. The van der Waals surface area contributed by atoms with E-state index in [-0.39, 0.29) is 25.5 Å². The minimum absolute atomic E-state index is 0.110. The summed E-state index contributed by atoms with van der Waals surface area (Å²) in [6.07, 6.45) is -0.141. The molecule has 3 amide bonds. The van der Waals surface area contributed by atoms with Gasteiger partial charge in [-0.15, -0.1) is 0 Å². The molecule has 1 aliphatic heterocycles. The monoisotopic (exact) mass is 414 g/mol. The molecule has 29 heavy (non-hydrogen) atoms. The summed E-state index contributed by atoms with van der Waals surface area (Å²) in [7, 11) is 0. The Kier molecular flexibility index (Phi) is 6.90. The number of nitrogens with zero attached hydrogens (tertiary/aromatic N) is 2. The molecule has 1 saturated heterocycles. The van der Waals surface area contributed by atoms with Crippen molar-refractivity contribution in [1.29, 1.82) is 0 Å². The highest BCUT2D eigenvalue weighted by atomic mass is 32.2. The number of hydrogen-bond acceptors (Lipinski definition) is 6. The van der Waals surface area contributed by atoms with Gasteiger partial charge >= 0.3 is 0 Å². The van der Waals surface area contributed by atoms with Crippen LogP contribution < -0.4 is 14.5 Å². The number of aliphatic hydroxyl groups excluding tert-OH is 1. The van der Waals surface area contributed by atoms with E-state index in [2.05, 4.69) is 0 Å². The van der Waals surface area contributed by atoms with Crippen molar-refractivity contribution in [3.8, 4) is 5.75 Å². The van der Waals surface area contributed by atoms with Gasteiger partial charge in [0.15, 0.2) is 0 Å². The molecule has 0 spiro atoms. The van der Waals surface area contributed by atoms with E-state index in [4.69, 9.17) is 4.74 Å². The maximum absolute atomic E-state index is 12.9. The molecule has 7 nitrogen and oxygen atoms in total. The molecule has 3 rings (SSSR count). The average Bonchev–Trinajstić information content (AvgIpc) is 3.00. The summed E-state index contributed by atoms with van der Waals surface area (Å²) in [5.74, 6) is -0.336. The molecular formula is C21H22N2O5S. The lowest BCUT2D eigenvalue weighted by molar-refractivity contribution is -0.122. The highest BCUT2D eigenvalue weighted by molar-refractivity contribution is 8.15. The van der Waals surface area contributed by atoms with Crippen LogP contribution in [0.3, 0.4) is 0 Å². The van der Waals surface area contributed by atoms with E-state index < -0.39 is 16.4 Å². The van der Waals surface area contributed by atoms with Crippen molar-refractivity contribution in [2.75, 3.05) is 29.6 Å². The standard InChI is InChI=1S/C21H22N2O5S/c1-2-28-17-11-7-6-10-16(17)23-20(26)18(29-21(23)27)14-19(25)22(12-13-24)15-8-4-3-5-9-15/h3-11,18,24H,2,12-14H2,1H3. The first kappa shape index (κ1) is 20.9. The number of anilines is 2. The molecule has 152 valence electrons. The first-order valence-electron chi connectivity index (χ1n) is 9.29. The zero-order chi connectivity index (χ0) is 20.8. The van der Waals surface area contributed by atoms with E-state index in [1.165, 1.54) is 4.90 Å². The predicted octanol–water partition coefficient (Wildman–Crippen LogP) is 3.07. The molecule has 0 aliphatic carbocycles. The Hall–Kier alpha value is -2.84. The van der Waals surface area contributed by atoms with Gasteiger partial charge in [0.1, 0.15) is 11.0 Å². The third-order valence-electron chi connectivity index (χ3n) is 4.38. The largest absolute Gasteiger partial charge is 0.492 e. The number of rotatable bonds is 8. The summed E-state index contributed by atoms with van der Waals surface area (Å²) in [5, 5.41) is 8.07. The number of imide groups is 1. The molecule has 0 radical (unpaired) electrons. The molecule has 8 heteroatoms. The van der Waals surface area contributed by atoms with Crippen molar-refractivity contribution in [1.82, 2.24) is 0 Å². The minimum atomic E-state index is -0.824. The van der Waals surface area contributed by atoms with E-state index in [1.807, 2.05) is 13.0 Å². The normalized spacial score (nSPS) is 16.2. The average molecular weight is 414 g/mol. The third kappa shape index (κ3) is 4.60. The van der Waals surface area contributed by atoms with Crippen LogP contribution in [0.15, 0.2) is 54.6 Å². The summed E-state index contributed by atoms with van der Waals surface area (Å²) in [4.78, 5) is 40.8. The Bertz CT molecular complexity index is 890.